The SMILES string of the molecule is CCC(CC)N1CCC(NC(C)=O)C1. The molecule has 0 aromatic carbocycles. The van der Waals surface area contributed by atoms with Gasteiger partial charge >= 0.3 is 0 Å². The van der Waals surface area contributed by atoms with E-state index in [1.165, 1.54) is 12.8 Å². The van der Waals surface area contributed by atoms with Gasteiger partial charge in [0.2, 0.25) is 5.91 Å². The Balaban J connectivity index is 2.36. The van der Waals surface area contributed by atoms with Crippen molar-refractivity contribution < 1.29 is 4.79 Å². The van der Waals surface area contributed by atoms with Gasteiger partial charge in [0.15, 0.2) is 0 Å². The van der Waals surface area contributed by atoms with Gasteiger partial charge < -0.3 is 5.32 Å². The van der Waals surface area contributed by atoms with Crippen LogP contribution in [-0.2, 0) is 4.79 Å². The molecule has 1 atom stereocenters. The zero-order chi connectivity index (χ0) is 10.6. The van der Waals surface area contributed by atoms with E-state index in [4.69, 9.17) is 0 Å². The van der Waals surface area contributed by atoms with Crippen molar-refractivity contribution in [3.63, 3.8) is 0 Å². The molecule has 0 aromatic rings. The molecule has 0 bridgehead atoms. The molecule has 14 heavy (non-hydrogen) atoms. The third-order valence-electron chi connectivity index (χ3n) is 3.09. The molecule has 3 nitrogen and oxygen atoms in total. The van der Waals surface area contributed by atoms with Crippen molar-refractivity contribution in [1.82, 2.24) is 10.2 Å². The van der Waals surface area contributed by atoms with Crippen LogP contribution in [0, 0.1) is 0 Å². The first kappa shape index (κ1) is 11.5. The molecule has 1 saturated heterocycles. The quantitative estimate of drug-likeness (QED) is 0.740. The van der Waals surface area contributed by atoms with Gasteiger partial charge in [0, 0.05) is 32.1 Å². The number of carbonyl (C=O) groups is 1. The predicted octanol–water partition coefficient (Wildman–Crippen LogP) is 1.39. The monoisotopic (exact) mass is 198 g/mol. The van der Waals surface area contributed by atoms with Gasteiger partial charge in [0.05, 0.1) is 0 Å². The fraction of sp³-hybridized carbons (Fsp3) is 0.909. The second-order valence-corrected chi connectivity index (χ2v) is 4.15. The number of rotatable bonds is 4. The fourth-order valence-corrected chi connectivity index (χ4v) is 2.33. The van der Waals surface area contributed by atoms with E-state index in [0.29, 0.717) is 12.1 Å². The lowest BCUT2D eigenvalue weighted by molar-refractivity contribution is -0.119. The first-order valence-electron chi connectivity index (χ1n) is 5.68. The Morgan fingerprint density at radius 1 is 1.50 bits per heavy atom. The summed E-state index contributed by atoms with van der Waals surface area (Å²) in [4.78, 5) is 13.4. The smallest absolute Gasteiger partial charge is 0.217 e. The molecule has 0 aliphatic carbocycles. The van der Waals surface area contributed by atoms with Crippen molar-refractivity contribution in [2.24, 2.45) is 0 Å². The van der Waals surface area contributed by atoms with E-state index in [1.807, 2.05) is 0 Å². The highest BCUT2D eigenvalue weighted by atomic mass is 16.1. The summed E-state index contributed by atoms with van der Waals surface area (Å²) in [6.45, 7) is 8.24. The summed E-state index contributed by atoms with van der Waals surface area (Å²) in [5.74, 6) is 0.0985. The van der Waals surface area contributed by atoms with Crippen LogP contribution in [0.5, 0.6) is 0 Å². The number of hydrogen-bond donors (Lipinski definition) is 1. The van der Waals surface area contributed by atoms with Crippen LogP contribution in [0.3, 0.4) is 0 Å². The standard InChI is InChI=1S/C11H22N2O/c1-4-11(5-2)13-7-6-10(8-13)12-9(3)14/h10-11H,4-8H2,1-3H3,(H,12,14). The average Bonchev–Trinajstić information content (AvgIpc) is 2.54. The van der Waals surface area contributed by atoms with Crippen molar-refractivity contribution >= 4 is 5.91 Å². The molecule has 1 aliphatic rings. The van der Waals surface area contributed by atoms with Crippen LogP contribution in [0.1, 0.15) is 40.0 Å². The maximum Gasteiger partial charge on any atom is 0.217 e. The van der Waals surface area contributed by atoms with Gasteiger partial charge in [-0.25, -0.2) is 0 Å². The van der Waals surface area contributed by atoms with Crippen molar-refractivity contribution in [3.05, 3.63) is 0 Å². The molecule has 1 unspecified atom stereocenters. The number of likely N-dealkylation sites (tertiary alicyclic amines) is 1. The third kappa shape index (κ3) is 2.98. The summed E-state index contributed by atoms with van der Waals surface area (Å²) in [5.41, 5.74) is 0. The lowest BCUT2D eigenvalue weighted by Gasteiger charge is -2.25. The van der Waals surface area contributed by atoms with Crippen molar-refractivity contribution in [2.45, 2.75) is 52.1 Å². The second-order valence-electron chi connectivity index (χ2n) is 4.15. The van der Waals surface area contributed by atoms with E-state index in [9.17, 15) is 4.79 Å². The number of nitrogens with one attached hydrogen (secondary N) is 1. The second kappa shape index (κ2) is 5.35. The molecule has 0 radical (unpaired) electrons. The summed E-state index contributed by atoms with van der Waals surface area (Å²) in [7, 11) is 0. The molecule has 1 aliphatic heterocycles. The molecule has 0 aromatic heterocycles. The van der Waals surface area contributed by atoms with Crippen molar-refractivity contribution in [1.29, 1.82) is 0 Å². The molecule has 1 fully saturated rings. The minimum Gasteiger partial charge on any atom is -0.352 e. The van der Waals surface area contributed by atoms with Crippen LogP contribution in [0.15, 0.2) is 0 Å². The zero-order valence-corrected chi connectivity index (χ0v) is 9.55. The zero-order valence-electron chi connectivity index (χ0n) is 9.55. The summed E-state index contributed by atoms with van der Waals surface area (Å²) in [5, 5.41) is 2.99. The highest BCUT2D eigenvalue weighted by Gasteiger charge is 2.26. The highest BCUT2D eigenvalue weighted by molar-refractivity contribution is 5.73. The number of hydrogen-bond acceptors (Lipinski definition) is 2. The largest absolute Gasteiger partial charge is 0.352 e. The van der Waals surface area contributed by atoms with Crippen molar-refractivity contribution in [3.8, 4) is 0 Å². The maximum atomic E-state index is 10.9. The molecule has 1 rings (SSSR count). The molecule has 0 saturated carbocycles. The Kier molecular flexibility index (Phi) is 4.39. The lowest BCUT2D eigenvalue weighted by Crippen LogP contribution is -2.38. The summed E-state index contributed by atoms with van der Waals surface area (Å²) in [6, 6.07) is 1.09. The first-order valence-corrected chi connectivity index (χ1v) is 5.68. The van der Waals surface area contributed by atoms with E-state index < -0.39 is 0 Å². The molecule has 82 valence electrons. The lowest BCUT2D eigenvalue weighted by atomic mass is 10.1. The van der Waals surface area contributed by atoms with Gasteiger partial charge in [0.1, 0.15) is 0 Å². The summed E-state index contributed by atoms with van der Waals surface area (Å²) < 4.78 is 0. The molecule has 1 N–H and O–H groups in total. The normalized spacial score (nSPS) is 23.0. The number of carbonyl (C=O) groups excluding carboxylic acids is 1. The van der Waals surface area contributed by atoms with Gasteiger partial charge in [-0.1, -0.05) is 13.8 Å². The predicted molar refractivity (Wildman–Crippen MR) is 58.2 cm³/mol. The number of amides is 1. The van der Waals surface area contributed by atoms with Gasteiger partial charge in [0.25, 0.3) is 0 Å². The molecular weight excluding hydrogens is 176 g/mol. The van der Waals surface area contributed by atoms with E-state index in [1.54, 1.807) is 6.92 Å². The Bertz CT molecular complexity index is 190. The van der Waals surface area contributed by atoms with Crippen LogP contribution in [-0.4, -0.2) is 36.0 Å². The van der Waals surface area contributed by atoms with Gasteiger partial charge in [-0.3, -0.25) is 9.69 Å². The highest BCUT2D eigenvalue weighted by Crippen LogP contribution is 2.16. The maximum absolute atomic E-state index is 10.9. The van der Waals surface area contributed by atoms with E-state index in [2.05, 4.69) is 24.1 Å². The summed E-state index contributed by atoms with van der Waals surface area (Å²) in [6.07, 6.45) is 3.53. The molecule has 3 heteroatoms. The van der Waals surface area contributed by atoms with Crippen LogP contribution >= 0.6 is 0 Å². The van der Waals surface area contributed by atoms with E-state index in [-0.39, 0.29) is 5.91 Å². The fourth-order valence-electron chi connectivity index (χ4n) is 2.33. The van der Waals surface area contributed by atoms with Gasteiger partial charge in [-0.05, 0) is 19.3 Å². The third-order valence-corrected chi connectivity index (χ3v) is 3.09. The molecule has 1 heterocycles. The van der Waals surface area contributed by atoms with E-state index >= 15 is 0 Å². The first-order chi connectivity index (χ1) is 6.67. The van der Waals surface area contributed by atoms with E-state index in [0.717, 1.165) is 19.5 Å². The number of nitrogens with zero attached hydrogens (tertiary/aromatic N) is 1. The minimum absolute atomic E-state index is 0.0985. The Hall–Kier alpha value is -0.570. The average molecular weight is 198 g/mol. The Morgan fingerprint density at radius 3 is 2.64 bits per heavy atom. The van der Waals surface area contributed by atoms with Crippen LogP contribution in [0.25, 0.3) is 0 Å². The van der Waals surface area contributed by atoms with Crippen LogP contribution < -0.4 is 5.32 Å². The minimum atomic E-state index is 0.0985. The summed E-state index contributed by atoms with van der Waals surface area (Å²) >= 11 is 0. The molecule has 1 amide bonds. The van der Waals surface area contributed by atoms with Crippen LogP contribution in [0.2, 0.25) is 0 Å². The van der Waals surface area contributed by atoms with Crippen molar-refractivity contribution in [2.75, 3.05) is 13.1 Å². The van der Waals surface area contributed by atoms with Gasteiger partial charge in [-0.2, -0.15) is 0 Å². The Labute approximate surface area is 86.9 Å². The Morgan fingerprint density at radius 2 is 2.14 bits per heavy atom. The molecular formula is C11H22N2O. The van der Waals surface area contributed by atoms with Crippen LogP contribution in [0.4, 0.5) is 0 Å². The topological polar surface area (TPSA) is 32.3 Å². The van der Waals surface area contributed by atoms with Gasteiger partial charge in [-0.15, -0.1) is 0 Å². The molecule has 0 spiro atoms.